The van der Waals surface area contributed by atoms with E-state index >= 15 is 0 Å². The highest BCUT2D eigenvalue weighted by molar-refractivity contribution is 6.27. The Morgan fingerprint density at radius 2 is 1.50 bits per heavy atom. The Morgan fingerprint density at radius 1 is 0.909 bits per heavy atom. The van der Waals surface area contributed by atoms with Crippen LogP contribution < -0.4 is 4.90 Å². The van der Waals surface area contributed by atoms with E-state index in [-0.39, 0.29) is 11.8 Å². The summed E-state index contributed by atoms with van der Waals surface area (Å²) in [5.74, 6) is -0.432. The molecule has 0 aliphatic carbocycles. The average Bonchev–Trinajstić information content (AvgIpc) is 2.42. The second-order valence-corrected chi connectivity index (χ2v) is 6.87. The highest BCUT2D eigenvalue weighted by atomic mass is 16.2. The molecule has 0 atom stereocenters. The first-order chi connectivity index (χ1) is 10.2. The van der Waals surface area contributed by atoms with Gasteiger partial charge in [-0.2, -0.15) is 0 Å². The van der Waals surface area contributed by atoms with Crippen molar-refractivity contribution in [3.63, 3.8) is 0 Å². The van der Waals surface area contributed by atoms with Crippen molar-refractivity contribution in [3.8, 4) is 0 Å². The first-order valence-electron chi connectivity index (χ1n) is 7.35. The van der Waals surface area contributed by atoms with E-state index in [4.69, 9.17) is 0 Å². The first-order valence-corrected chi connectivity index (χ1v) is 7.35. The molecule has 1 aliphatic rings. The molecule has 0 N–H and O–H groups in total. The van der Waals surface area contributed by atoms with Crippen LogP contribution in [0.25, 0.3) is 10.8 Å². The lowest BCUT2D eigenvalue weighted by Crippen LogP contribution is -2.51. The molecule has 0 saturated heterocycles. The predicted octanol–water partition coefficient (Wildman–Crippen LogP) is 3.30. The zero-order valence-electron chi connectivity index (χ0n) is 13.6. The first kappa shape index (κ1) is 14.6. The second-order valence-electron chi connectivity index (χ2n) is 6.87. The molecule has 0 aromatic heterocycles. The van der Waals surface area contributed by atoms with Crippen molar-refractivity contribution in [1.82, 2.24) is 4.90 Å². The maximum Gasteiger partial charge on any atom is 0.261 e. The minimum atomic E-state index is -0.547. The largest absolute Gasteiger partial charge is 0.377 e. The maximum atomic E-state index is 12.8. The van der Waals surface area contributed by atoms with Crippen LogP contribution in [0.1, 0.15) is 41.5 Å². The number of carbonyl (C=O) groups excluding carboxylic acids is 2. The summed E-state index contributed by atoms with van der Waals surface area (Å²) in [6.07, 6.45) is 0. The van der Waals surface area contributed by atoms with Crippen LogP contribution in [0, 0.1) is 0 Å². The Morgan fingerprint density at radius 3 is 2.05 bits per heavy atom. The molecule has 1 heterocycles. The molecule has 4 heteroatoms. The number of rotatable bonds is 1. The van der Waals surface area contributed by atoms with Crippen molar-refractivity contribution in [1.29, 1.82) is 0 Å². The van der Waals surface area contributed by atoms with Gasteiger partial charge in [0.2, 0.25) is 0 Å². The Balaban J connectivity index is 2.38. The third-order valence-corrected chi connectivity index (χ3v) is 4.04. The van der Waals surface area contributed by atoms with Gasteiger partial charge in [-0.15, -0.1) is 0 Å². The SMILES string of the molecule is CN(C)c1ccc2c3c(cccc13)C(=O)N(C(C)(C)C)C2=O. The van der Waals surface area contributed by atoms with Crippen molar-refractivity contribution in [2.45, 2.75) is 26.3 Å². The molecule has 4 nitrogen and oxygen atoms in total. The van der Waals surface area contributed by atoms with Gasteiger partial charge >= 0.3 is 0 Å². The van der Waals surface area contributed by atoms with Crippen molar-refractivity contribution in [2.24, 2.45) is 0 Å². The van der Waals surface area contributed by atoms with Gasteiger partial charge < -0.3 is 4.90 Å². The highest BCUT2D eigenvalue weighted by Gasteiger charge is 2.39. The fourth-order valence-corrected chi connectivity index (χ4v) is 3.08. The summed E-state index contributed by atoms with van der Waals surface area (Å²) in [7, 11) is 3.91. The number of anilines is 1. The highest BCUT2D eigenvalue weighted by Crippen LogP contribution is 2.37. The van der Waals surface area contributed by atoms with Crippen LogP contribution in [0.4, 0.5) is 5.69 Å². The van der Waals surface area contributed by atoms with E-state index in [2.05, 4.69) is 0 Å². The van der Waals surface area contributed by atoms with Crippen LogP contribution in [0.3, 0.4) is 0 Å². The molecule has 0 fully saturated rings. The summed E-state index contributed by atoms with van der Waals surface area (Å²) >= 11 is 0. The van der Waals surface area contributed by atoms with E-state index in [0.717, 1.165) is 16.5 Å². The monoisotopic (exact) mass is 296 g/mol. The van der Waals surface area contributed by atoms with Gasteiger partial charge in [0.1, 0.15) is 0 Å². The molecule has 0 spiro atoms. The summed E-state index contributed by atoms with van der Waals surface area (Å²) in [5.41, 5.74) is 1.66. The van der Waals surface area contributed by atoms with Crippen LogP contribution in [0.2, 0.25) is 0 Å². The fraction of sp³-hybridized carbons (Fsp3) is 0.333. The second kappa shape index (κ2) is 4.57. The molecule has 2 amide bonds. The maximum absolute atomic E-state index is 12.8. The third kappa shape index (κ3) is 1.90. The van der Waals surface area contributed by atoms with Gasteiger partial charge in [0.15, 0.2) is 0 Å². The van der Waals surface area contributed by atoms with Gasteiger partial charge in [-0.05, 0) is 39.0 Å². The van der Waals surface area contributed by atoms with Gasteiger partial charge in [0.05, 0.1) is 0 Å². The van der Waals surface area contributed by atoms with E-state index in [1.807, 2.05) is 64.0 Å². The minimum absolute atomic E-state index is 0.216. The molecule has 0 saturated carbocycles. The van der Waals surface area contributed by atoms with E-state index < -0.39 is 5.54 Å². The Labute approximate surface area is 130 Å². The molecule has 3 rings (SSSR count). The van der Waals surface area contributed by atoms with Gasteiger partial charge in [-0.3, -0.25) is 14.5 Å². The summed E-state index contributed by atoms with van der Waals surface area (Å²) < 4.78 is 0. The van der Waals surface area contributed by atoms with E-state index in [1.165, 1.54) is 4.90 Å². The van der Waals surface area contributed by atoms with Crippen LogP contribution in [-0.4, -0.2) is 36.3 Å². The Kier molecular flexibility index (Phi) is 3.02. The summed E-state index contributed by atoms with van der Waals surface area (Å²) in [6, 6.07) is 9.41. The lowest BCUT2D eigenvalue weighted by Gasteiger charge is -2.37. The fourth-order valence-electron chi connectivity index (χ4n) is 3.08. The van der Waals surface area contributed by atoms with Gasteiger partial charge in [0, 0.05) is 47.2 Å². The molecule has 114 valence electrons. The zero-order valence-corrected chi connectivity index (χ0v) is 13.6. The lowest BCUT2D eigenvalue weighted by molar-refractivity contribution is 0.0460. The number of carbonyl (C=O) groups is 2. The Hall–Kier alpha value is -2.36. The molecular formula is C18H20N2O2. The summed E-state index contributed by atoms with van der Waals surface area (Å²) in [6.45, 7) is 5.63. The van der Waals surface area contributed by atoms with Crippen molar-refractivity contribution in [3.05, 3.63) is 41.5 Å². The molecule has 0 bridgehead atoms. The minimum Gasteiger partial charge on any atom is -0.377 e. The van der Waals surface area contributed by atoms with Crippen LogP contribution >= 0.6 is 0 Å². The summed E-state index contributed by atoms with van der Waals surface area (Å²) in [4.78, 5) is 29.0. The molecule has 22 heavy (non-hydrogen) atoms. The van der Waals surface area contributed by atoms with E-state index in [9.17, 15) is 9.59 Å². The normalized spacial score (nSPS) is 14.7. The van der Waals surface area contributed by atoms with Crippen molar-refractivity contribution >= 4 is 28.3 Å². The van der Waals surface area contributed by atoms with Crippen LogP contribution in [0.15, 0.2) is 30.3 Å². The van der Waals surface area contributed by atoms with Crippen molar-refractivity contribution < 1.29 is 9.59 Å². The molecule has 2 aromatic carbocycles. The van der Waals surface area contributed by atoms with Gasteiger partial charge in [0.25, 0.3) is 11.8 Å². The number of hydrogen-bond acceptors (Lipinski definition) is 3. The van der Waals surface area contributed by atoms with Gasteiger partial charge in [-0.1, -0.05) is 12.1 Å². The smallest absolute Gasteiger partial charge is 0.261 e. The average molecular weight is 296 g/mol. The molecule has 1 aliphatic heterocycles. The Bertz CT molecular complexity index is 778. The predicted molar refractivity (Wildman–Crippen MR) is 88.5 cm³/mol. The summed E-state index contributed by atoms with van der Waals surface area (Å²) in [5, 5.41) is 1.71. The van der Waals surface area contributed by atoms with Crippen LogP contribution in [0.5, 0.6) is 0 Å². The quantitative estimate of drug-likeness (QED) is 0.758. The molecule has 0 radical (unpaired) electrons. The zero-order chi connectivity index (χ0) is 16.2. The van der Waals surface area contributed by atoms with E-state index in [0.29, 0.717) is 11.1 Å². The standard InChI is InChI=1S/C18H20N2O2/c1-18(2,3)20-16(21)12-8-6-7-11-14(19(4)5)10-9-13(15(11)12)17(20)22/h6-10H,1-5H3. The third-order valence-electron chi connectivity index (χ3n) is 4.04. The van der Waals surface area contributed by atoms with Crippen LogP contribution in [-0.2, 0) is 0 Å². The topological polar surface area (TPSA) is 40.6 Å². The van der Waals surface area contributed by atoms with Crippen molar-refractivity contribution in [2.75, 3.05) is 19.0 Å². The number of hydrogen-bond donors (Lipinski definition) is 0. The lowest BCUT2D eigenvalue weighted by atomic mass is 9.90. The number of benzene rings is 2. The number of imide groups is 1. The van der Waals surface area contributed by atoms with E-state index in [1.54, 1.807) is 6.07 Å². The number of nitrogens with zero attached hydrogens (tertiary/aromatic N) is 2. The number of amides is 2. The van der Waals surface area contributed by atoms with Gasteiger partial charge in [-0.25, -0.2) is 0 Å². The molecular weight excluding hydrogens is 276 g/mol. The molecule has 0 unspecified atom stereocenters. The molecule has 2 aromatic rings.